The van der Waals surface area contributed by atoms with Gasteiger partial charge in [-0.25, -0.2) is 0 Å². The fourth-order valence-electron chi connectivity index (χ4n) is 8.79. The molecule has 3 nitrogen and oxygen atoms in total. The van der Waals surface area contributed by atoms with Gasteiger partial charge in [0.05, 0.1) is 5.69 Å². The summed E-state index contributed by atoms with van der Waals surface area (Å²) in [7, 11) is 0. The molecule has 0 saturated carbocycles. The summed E-state index contributed by atoms with van der Waals surface area (Å²) in [6.07, 6.45) is 0. The number of hydrogen-bond donors (Lipinski definition) is 0. The summed E-state index contributed by atoms with van der Waals surface area (Å²) in [5, 5.41) is 4.31. The van der Waals surface area contributed by atoms with Crippen LogP contribution in [0.5, 0.6) is 0 Å². The number of nitrogens with zero attached hydrogens (tertiary/aromatic N) is 1. The predicted octanol–water partition coefficient (Wildman–Crippen LogP) is 14.6. The van der Waals surface area contributed by atoms with Crippen LogP contribution in [0.15, 0.2) is 185 Å². The second-order valence-corrected chi connectivity index (χ2v) is 14.9. The van der Waals surface area contributed by atoms with Gasteiger partial charge in [-0.1, -0.05) is 129 Å². The zero-order valence-electron chi connectivity index (χ0n) is 30.0. The third kappa shape index (κ3) is 4.55. The van der Waals surface area contributed by atoms with E-state index in [0.717, 1.165) is 72.1 Å². The van der Waals surface area contributed by atoms with Gasteiger partial charge < -0.3 is 13.7 Å². The van der Waals surface area contributed by atoms with E-state index in [1.807, 2.05) is 18.2 Å². The van der Waals surface area contributed by atoms with E-state index in [2.05, 4.69) is 176 Å². The summed E-state index contributed by atoms with van der Waals surface area (Å²) < 4.78 is 12.8. The standard InChI is InChI=1S/C51H35NO2/c1-51(2)44-17-9-6-15-38(44)39-26-25-36(31-45(39)51)52(46-18-10-7-14-37(46)33-12-4-3-5-13-33)35-23-20-32(21-24-35)34-22-29-48-43(30-34)42-28-27-41-40-16-8-11-19-47(40)53-49(41)50(42)54-48/h3-31H,1-2H3. The van der Waals surface area contributed by atoms with E-state index in [0.29, 0.717) is 0 Å². The quantitative estimate of drug-likeness (QED) is 0.180. The third-order valence-corrected chi connectivity index (χ3v) is 11.5. The van der Waals surface area contributed by atoms with Gasteiger partial charge in [0.15, 0.2) is 11.2 Å². The lowest BCUT2D eigenvalue weighted by molar-refractivity contribution is 0.633. The third-order valence-electron chi connectivity index (χ3n) is 11.5. The Kier molecular flexibility index (Phi) is 6.60. The minimum atomic E-state index is -0.109. The molecular weight excluding hydrogens is 659 g/mol. The molecule has 0 N–H and O–H groups in total. The number of furan rings is 2. The van der Waals surface area contributed by atoms with Gasteiger partial charge in [0.25, 0.3) is 0 Å². The van der Waals surface area contributed by atoms with Gasteiger partial charge in [0.2, 0.25) is 0 Å². The smallest absolute Gasteiger partial charge is 0.178 e. The number of para-hydroxylation sites is 2. The van der Waals surface area contributed by atoms with Crippen molar-refractivity contribution in [3.8, 4) is 33.4 Å². The molecule has 1 aliphatic rings. The number of anilines is 3. The van der Waals surface area contributed by atoms with E-state index in [-0.39, 0.29) is 5.41 Å². The molecule has 8 aromatic carbocycles. The number of rotatable bonds is 5. The van der Waals surface area contributed by atoms with Crippen LogP contribution in [0.1, 0.15) is 25.0 Å². The summed E-state index contributed by atoms with van der Waals surface area (Å²) in [4.78, 5) is 2.41. The van der Waals surface area contributed by atoms with Crippen LogP contribution in [-0.2, 0) is 5.41 Å². The van der Waals surface area contributed by atoms with Crippen LogP contribution in [0.4, 0.5) is 17.1 Å². The highest BCUT2D eigenvalue weighted by molar-refractivity contribution is 6.19. The summed E-state index contributed by atoms with van der Waals surface area (Å²) >= 11 is 0. The molecule has 256 valence electrons. The average molecular weight is 694 g/mol. The molecule has 0 fully saturated rings. The summed E-state index contributed by atoms with van der Waals surface area (Å²) in [6.45, 7) is 4.69. The molecule has 11 rings (SSSR count). The highest BCUT2D eigenvalue weighted by Gasteiger charge is 2.36. The predicted molar refractivity (Wildman–Crippen MR) is 224 cm³/mol. The fourth-order valence-corrected chi connectivity index (χ4v) is 8.79. The molecule has 0 atom stereocenters. The maximum absolute atomic E-state index is 6.45. The van der Waals surface area contributed by atoms with Gasteiger partial charge in [-0.3, -0.25) is 0 Å². The lowest BCUT2D eigenvalue weighted by Gasteiger charge is -2.30. The minimum Gasteiger partial charge on any atom is -0.452 e. The number of benzene rings is 8. The first kappa shape index (κ1) is 30.8. The van der Waals surface area contributed by atoms with Crippen molar-refractivity contribution < 1.29 is 8.83 Å². The van der Waals surface area contributed by atoms with E-state index in [1.165, 1.54) is 33.4 Å². The minimum absolute atomic E-state index is 0.109. The fraction of sp³-hybridized carbons (Fsp3) is 0.0588. The van der Waals surface area contributed by atoms with Crippen LogP contribution in [0.3, 0.4) is 0 Å². The Morgan fingerprint density at radius 2 is 1.00 bits per heavy atom. The second kappa shape index (κ2) is 11.6. The van der Waals surface area contributed by atoms with Crippen molar-refractivity contribution in [2.75, 3.05) is 4.90 Å². The molecule has 1 aliphatic carbocycles. The molecule has 10 aromatic rings. The summed E-state index contributed by atoms with van der Waals surface area (Å²) in [5.74, 6) is 0. The molecule has 2 aromatic heterocycles. The van der Waals surface area contributed by atoms with Gasteiger partial charge in [-0.05, 0) is 99.6 Å². The van der Waals surface area contributed by atoms with E-state index >= 15 is 0 Å². The Bertz CT molecular complexity index is 3070. The molecular formula is C51H35NO2. The maximum Gasteiger partial charge on any atom is 0.178 e. The molecule has 0 amide bonds. The van der Waals surface area contributed by atoms with Crippen LogP contribution in [0.2, 0.25) is 0 Å². The zero-order valence-corrected chi connectivity index (χ0v) is 30.0. The van der Waals surface area contributed by atoms with Gasteiger partial charge in [-0.15, -0.1) is 0 Å². The van der Waals surface area contributed by atoms with Crippen molar-refractivity contribution in [1.82, 2.24) is 0 Å². The average Bonchev–Trinajstić information content (AvgIpc) is 3.86. The largest absolute Gasteiger partial charge is 0.452 e. The topological polar surface area (TPSA) is 29.5 Å². The van der Waals surface area contributed by atoms with Gasteiger partial charge >= 0.3 is 0 Å². The van der Waals surface area contributed by atoms with Gasteiger partial charge in [-0.2, -0.15) is 0 Å². The normalized spacial score (nSPS) is 13.1. The summed E-state index contributed by atoms with van der Waals surface area (Å²) in [6, 6.07) is 63.2. The highest BCUT2D eigenvalue weighted by Crippen LogP contribution is 2.51. The first-order chi connectivity index (χ1) is 26.5. The van der Waals surface area contributed by atoms with Crippen LogP contribution in [-0.4, -0.2) is 0 Å². The molecule has 0 unspecified atom stereocenters. The number of hydrogen-bond acceptors (Lipinski definition) is 3. The van der Waals surface area contributed by atoms with Crippen LogP contribution in [0.25, 0.3) is 77.3 Å². The molecule has 2 heterocycles. The second-order valence-electron chi connectivity index (χ2n) is 14.9. The van der Waals surface area contributed by atoms with Crippen LogP contribution in [0, 0.1) is 0 Å². The van der Waals surface area contributed by atoms with Crippen molar-refractivity contribution in [1.29, 1.82) is 0 Å². The lowest BCUT2D eigenvalue weighted by Crippen LogP contribution is -2.16. The van der Waals surface area contributed by atoms with E-state index in [1.54, 1.807) is 0 Å². The van der Waals surface area contributed by atoms with Crippen molar-refractivity contribution in [3.63, 3.8) is 0 Å². The molecule has 54 heavy (non-hydrogen) atoms. The molecule has 0 spiro atoms. The van der Waals surface area contributed by atoms with Crippen LogP contribution < -0.4 is 4.90 Å². The van der Waals surface area contributed by atoms with Crippen molar-refractivity contribution >= 4 is 60.9 Å². The van der Waals surface area contributed by atoms with E-state index < -0.39 is 0 Å². The molecule has 0 aliphatic heterocycles. The lowest BCUT2D eigenvalue weighted by atomic mass is 9.82. The Morgan fingerprint density at radius 1 is 0.389 bits per heavy atom. The first-order valence-electron chi connectivity index (χ1n) is 18.6. The highest BCUT2D eigenvalue weighted by atomic mass is 16.4. The van der Waals surface area contributed by atoms with Gasteiger partial charge in [0, 0.05) is 43.9 Å². The maximum atomic E-state index is 6.45. The van der Waals surface area contributed by atoms with Crippen molar-refractivity contribution in [2.24, 2.45) is 0 Å². The van der Waals surface area contributed by atoms with Crippen molar-refractivity contribution in [3.05, 3.63) is 187 Å². The van der Waals surface area contributed by atoms with E-state index in [4.69, 9.17) is 8.83 Å². The molecule has 3 heteroatoms. The SMILES string of the molecule is CC1(C)c2ccccc2-c2ccc(N(c3ccc(-c4ccc5oc6c(ccc7c8ccccc8oc76)c5c4)cc3)c3ccccc3-c3ccccc3)cc21. The molecule has 0 radical (unpaired) electrons. The number of fused-ring (bicyclic) bond motifs is 10. The summed E-state index contributed by atoms with van der Waals surface area (Å²) in [5.41, 5.74) is 16.6. The molecule has 0 saturated heterocycles. The Balaban J connectivity index is 1.04. The first-order valence-corrected chi connectivity index (χ1v) is 18.6. The molecule has 0 bridgehead atoms. The Labute approximate surface area is 313 Å². The van der Waals surface area contributed by atoms with E-state index in [9.17, 15) is 0 Å². The Hall–Kier alpha value is -6.84. The zero-order chi connectivity index (χ0) is 36.0. The monoisotopic (exact) mass is 693 g/mol. The van der Waals surface area contributed by atoms with Gasteiger partial charge in [0.1, 0.15) is 11.2 Å². The van der Waals surface area contributed by atoms with Crippen molar-refractivity contribution in [2.45, 2.75) is 19.3 Å². The Morgan fingerprint density at radius 3 is 1.81 bits per heavy atom. The van der Waals surface area contributed by atoms with Crippen LogP contribution >= 0.6 is 0 Å².